The number of benzene rings is 1. The highest BCUT2D eigenvalue weighted by Gasteiger charge is 2.48. The van der Waals surface area contributed by atoms with Crippen LogP contribution in [0.15, 0.2) is 6.07 Å². The van der Waals surface area contributed by atoms with Gasteiger partial charge in [-0.15, -0.1) is 0 Å². The lowest BCUT2D eigenvalue weighted by Crippen LogP contribution is -2.62. The van der Waals surface area contributed by atoms with Crippen LogP contribution in [0.4, 0.5) is 46.6 Å². The molecule has 4 N–H and O–H groups in total. The number of nitrogens with zero attached hydrogens (tertiary/aromatic N) is 4. The Bertz CT molecular complexity index is 1750. The zero-order valence-electron chi connectivity index (χ0n) is 25.3. The van der Waals surface area contributed by atoms with Gasteiger partial charge < -0.3 is 30.7 Å². The minimum absolute atomic E-state index is 0.0136. The fraction of sp³-hybridized carbons (Fsp3) is 0.567. The number of halogens is 8. The van der Waals surface area contributed by atoms with Gasteiger partial charge in [-0.1, -0.05) is 0 Å². The van der Waals surface area contributed by atoms with Gasteiger partial charge in [0.2, 0.25) is 5.88 Å². The van der Waals surface area contributed by atoms with Crippen LogP contribution in [-0.4, -0.2) is 71.6 Å². The van der Waals surface area contributed by atoms with Crippen LogP contribution in [0.1, 0.15) is 43.7 Å². The standard InChI is InChI=1S/C30H31F8N7O2/c1-12-19(30(36,37)38)15(7-16(39)20(12)31)22-21(32)23-18-25(44-27(43-23)46-11-28(5-6-28)9-40-10-29(33,34)35)45-8-14-3-4-17(41-14)24(45)13(2)47-26(18)42-22/h7,13-14,17,24,40-41H,3-6,8-11,39H2,1-2H3/t13-,14+,17-,24+/m0/s1. The van der Waals surface area contributed by atoms with Crippen molar-refractivity contribution in [1.29, 1.82) is 0 Å². The molecule has 0 spiro atoms. The third kappa shape index (κ3) is 5.64. The van der Waals surface area contributed by atoms with E-state index in [1.165, 1.54) is 0 Å². The first-order valence-electron chi connectivity index (χ1n) is 15.2. The Balaban J connectivity index is 1.37. The van der Waals surface area contributed by atoms with Crippen molar-refractivity contribution in [3.63, 3.8) is 0 Å². The van der Waals surface area contributed by atoms with Gasteiger partial charge >= 0.3 is 18.4 Å². The molecule has 47 heavy (non-hydrogen) atoms. The molecule has 1 aliphatic carbocycles. The van der Waals surface area contributed by atoms with Crippen LogP contribution in [0, 0.1) is 24.0 Å². The summed E-state index contributed by atoms with van der Waals surface area (Å²) < 4.78 is 125. The van der Waals surface area contributed by atoms with E-state index in [4.69, 9.17) is 15.2 Å². The van der Waals surface area contributed by atoms with Crippen molar-refractivity contribution in [3.05, 3.63) is 28.8 Å². The molecule has 9 nitrogen and oxygen atoms in total. The number of hydrogen-bond acceptors (Lipinski definition) is 9. The van der Waals surface area contributed by atoms with E-state index >= 15 is 4.39 Å². The third-order valence-electron chi connectivity index (χ3n) is 9.58. The maximum absolute atomic E-state index is 16.7. The zero-order valence-corrected chi connectivity index (χ0v) is 25.3. The van der Waals surface area contributed by atoms with Crippen molar-refractivity contribution in [2.24, 2.45) is 5.41 Å². The molecule has 2 saturated heterocycles. The van der Waals surface area contributed by atoms with Gasteiger partial charge in [0, 0.05) is 36.2 Å². The second-order valence-electron chi connectivity index (χ2n) is 13.0. The molecule has 3 aromatic rings. The Morgan fingerprint density at radius 1 is 1.11 bits per heavy atom. The number of hydrogen-bond donors (Lipinski definition) is 3. The number of nitrogens with two attached hydrogens (primary N) is 1. The van der Waals surface area contributed by atoms with Crippen LogP contribution in [0.5, 0.6) is 11.9 Å². The normalized spacial score (nSPS) is 24.6. The fourth-order valence-corrected chi connectivity index (χ4v) is 7.14. The van der Waals surface area contributed by atoms with Gasteiger partial charge in [0.25, 0.3) is 0 Å². The van der Waals surface area contributed by atoms with Crippen molar-refractivity contribution >= 4 is 22.4 Å². The predicted molar refractivity (Wildman–Crippen MR) is 154 cm³/mol. The second-order valence-corrected chi connectivity index (χ2v) is 13.0. The van der Waals surface area contributed by atoms with Crippen LogP contribution in [0.2, 0.25) is 0 Å². The molecular weight excluding hydrogens is 642 g/mol. The van der Waals surface area contributed by atoms with Crippen molar-refractivity contribution < 1.29 is 44.6 Å². The Morgan fingerprint density at radius 2 is 1.85 bits per heavy atom. The first kappa shape index (κ1) is 31.8. The summed E-state index contributed by atoms with van der Waals surface area (Å²) >= 11 is 0. The molecule has 17 heteroatoms. The smallest absolute Gasteiger partial charge is 0.417 e. The van der Waals surface area contributed by atoms with Gasteiger partial charge in [0.1, 0.15) is 34.3 Å². The van der Waals surface area contributed by atoms with E-state index in [0.717, 1.165) is 19.8 Å². The average molecular weight is 674 g/mol. The lowest BCUT2D eigenvalue weighted by molar-refractivity contribution is -0.137. The predicted octanol–water partition coefficient (Wildman–Crippen LogP) is 5.28. The average Bonchev–Trinajstić information content (AvgIpc) is 3.68. The molecule has 1 aromatic carbocycles. The SMILES string of the molecule is Cc1c(F)c(N)cc(-c2nc3c4c(nc(OCC5(CNCC(F)(F)F)CC5)nc4c2F)N2C[C@H]4CC[C@H](N4)[C@H]2[C@H](C)O3)c1C(F)(F)F. The number of alkyl halides is 6. The van der Waals surface area contributed by atoms with Gasteiger partial charge in [-0.3, -0.25) is 0 Å². The van der Waals surface area contributed by atoms with E-state index in [1.54, 1.807) is 6.92 Å². The van der Waals surface area contributed by atoms with Crippen LogP contribution in [-0.2, 0) is 6.18 Å². The van der Waals surface area contributed by atoms with Crippen LogP contribution in [0.25, 0.3) is 22.2 Å². The lowest BCUT2D eigenvalue weighted by atomic mass is 9.96. The highest BCUT2D eigenvalue weighted by Crippen LogP contribution is 2.48. The molecule has 2 bridgehead atoms. The Labute approximate surface area is 263 Å². The summed E-state index contributed by atoms with van der Waals surface area (Å²) in [7, 11) is 0. The highest BCUT2D eigenvalue weighted by atomic mass is 19.4. The molecule has 7 rings (SSSR count). The number of pyridine rings is 1. The number of anilines is 2. The number of piperazine rings is 1. The summed E-state index contributed by atoms with van der Waals surface area (Å²) in [6, 6.07) is 0.108. The topological polar surface area (TPSA) is 110 Å². The minimum Gasteiger partial charge on any atom is -0.472 e. The third-order valence-corrected chi connectivity index (χ3v) is 9.58. The first-order valence-corrected chi connectivity index (χ1v) is 15.2. The van der Waals surface area contributed by atoms with Crippen LogP contribution in [0.3, 0.4) is 0 Å². The Kier molecular flexibility index (Phi) is 7.39. The van der Waals surface area contributed by atoms with Crippen molar-refractivity contribution in [3.8, 4) is 23.1 Å². The summed E-state index contributed by atoms with van der Waals surface area (Å²) in [4.78, 5) is 15.1. The molecule has 2 aromatic heterocycles. The molecule has 4 aliphatic rings. The number of fused-ring (bicyclic) bond motifs is 5. The van der Waals surface area contributed by atoms with Crippen molar-refractivity contribution in [2.75, 3.05) is 36.9 Å². The Morgan fingerprint density at radius 3 is 2.53 bits per heavy atom. The molecule has 254 valence electrons. The quantitative estimate of drug-likeness (QED) is 0.228. The first-order chi connectivity index (χ1) is 22.1. The number of aromatic nitrogens is 3. The summed E-state index contributed by atoms with van der Waals surface area (Å²) in [6.07, 6.45) is -7.24. The Hall–Kier alpha value is -3.73. The van der Waals surface area contributed by atoms with E-state index in [2.05, 4.69) is 25.6 Å². The number of nitrogens with one attached hydrogen (secondary N) is 2. The highest BCUT2D eigenvalue weighted by molar-refractivity contribution is 5.97. The van der Waals surface area contributed by atoms with E-state index < -0.39 is 75.6 Å². The molecule has 0 amide bonds. The van der Waals surface area contributed by atoms with Crippen LogP contribution >= 0.6 is 0 Å². The van der Waals surface area contributed by atoms with E-state index in [0.29, 0.717) is 25.5 Å². The molecular formula is C30H31F8N7O2. The lowest BCUT2D eigenvalue weighted by Gasteiger charge is -2.42. The maximum Gasteiger partial charge on any atom is 0.417 e. The zero-order chi connectivity index (χ0) is 33.6. The summed E-state index contributed by atoms with van der Waals surface area (Å²) in [5, 5.41) is 5.96. The fourth-order valence-electron chi connectivity index (χ4n) is 7.14. The molecule has 3 fully saturated rings. The maximum atomic E-state index is 16.7. The van der Waals surface area contributed by atoms with Gasteiger partial charge in [-0.25, -0.2) is 13.8 Å². The van der Waals surface area contributed by atoms with E-state index in [9.17, 15) is 30.7 Å². The van der Waals surface area contributed by atoms with Crippen molar-refractivity contribution in [2.45, 2.75) is 76.1 Å². The van der Waals surface area contributed by atoms with E-state index in [-0.39, 0.29) is 54.4 Å². The molecule has 0 radical (unpaired) electrons. The van der Waals surface area contributed by atoms with Gasteiger partial charge in [0.15, 0.2) is 5.82 Å². The molecule has 0 unspecified atom stereocenters. The largest absolute Gasteiger partial charge is 0.472 e. The minimum atomic E-state index is -5.10. The molecule has 5 heterocycles. The summed E-state index contributed by atoms with van der Waals surface area (Å²) in [6.45, 7) is 1.89. The number of nitrogen functional groups attached to an aromatic ring is 1. The number of ether oxygens (including phenoxy) is 2. The molecule has 1 saturated carbocycles. The molecule has 3 aliphatic heterocycles. The summed E-state index contributed by atoms with van der Waals surface area (Å²) in [5.41, 5.74) is 0.168. The van der Waals surface area contributed by atoms with Crippen molar-refractivity contribution in [1.82, 2.24) is 25.6 Å². The molecule has 4 atom stereocenters. The van der Waals surface area contributed by atoms with Gasteiger partial charge in [-0.2, -0.15) is 36.3 Å². The monoisotopic (exact) mass is 673 g/mol. The van der Waals surface area contributed by atoms with Gasteiger partial charge in [-0.05, 0) is 51.2 Å². The van der Waals surface area contributed by atoms with E-state index in [1.807, 2.05) is 4.90 Å². The number of rotatable bonds is 7. The van der Waals surface area contributed by atoms with Crippen LogP contribution < -0.4 is 30.7 Å². The van der Waals surface area contributed by atoms with Gasteiger partial charge in [0.05, 0.1) is 30.4 Å². The summed E-state index contributed by atoms with van der Waals surface area (Å²) in [5.74, 6) is -2.53. The second kappa shape index (κ2) is 10.9.